The summed E-state index contributed by atoms with van der Waals surface area (Å²) in [6.07, 6.45) is -1.20. The summed E-state index contributed by atoms with van der Waals surface area (Å²) in [7, 11) is 1.05. The van der Waals surface area contributed by atoms with E-state index in [2.05, 4.69) is 14.5 Å². The van der Waals surface area contributed by atoms with Gasteiger partial charge in [-0.1, -0.05) is 0 Å². The van der Waals surface area contributed by atoms with Gasteiger partial charge in [-0.25, -0.2) is 14.5 Å². The van der Waals surface area contributed by atoms with Crippen molar-refractivity contribution >= 4 is 12.1 Å². The van der Waals surface area contributed by atoms with Crippen LogP contribution in [0.25, 0.3) is 0 Å². The van der Waals surface area contributed by atoms with Gasteiger partial charge in [0.15, 0.2) is 0 Å². The van der Waals surface area contributed by atoms with Gasteiger partial charge in [0.05, 0.1) is 0 Å². The molecule has 0 aliphatic heterocycles. The van der Waals surface area contributed by atoms with E-state index in [1.165, 1.54) is 0 Å². The first-order valence-corrected chi connectivity index (χ1v) is 3.91. The number of aliphatic hydroxyl groups excluding tert-OH is 1. The number of hydrogen-bond donors (Lipinski definition) is 2. The van der Waals surface area contributed by atoms with Crippen molar-refractivity contribution in [3.05, 3.63) is 10.9 Å². The Morgan fingerprint density at radius 1 is 1.75 bits per heavy atom. The zero-order valence-electron chi connectivity index (χ0n) is 8.11. The van der Waals surface area contributed by atoms with Gasteiger partial charge in [-0.15, -0.1) is 0 Å². The standard InChI is InChI=1S/C6H8N4O6/c1-9(5(7)12)6(13)15-4-3(2-11)8-16-10(4)14/h11H,2H2,1H3,(H2,7,12). The van der Waals surface area contributed by atoms with Crippen LogP contribution in [0.2, 0.25) is 0 Å². The molecule has 10 nitrogen and oxygen atoms in total. The number of carbonyl (C=O) groups excluding carboxylic acids is 2. The van der Waals surface area contributed by atoms with Crippen LogP contribution in [0.4, 0.5) is 9.59 Å². The molecule has 1 rings (SSSR count). The van der Waals surface area contributed by atoms with Gasteiger partial charge in [0.1, 0.15) is 6.61 Å². The van der Waals surface area contributed by atoms with Gasteiger partial charge in [-0.2, -0.15) is 0 Å². The lowest BCUT2D eigenvalue weighted by molar-refractivity contribution is -0.804. The summed E-state index contributed by atoms with van der Waals surface area (Å²) in [5, 5.41) is 22.7. The molecule has 16 heavy (non-hydrogen) atoms. The number of carbonyl (C=O) groups is 2. The monoisotopic (exact) mass is 232 g/mol. The van der Waals surface area contributed by atoms with E-state index in [4.69, 9.17) is 10.8 Å². The molecule has 0 bridgehead atoms. The Kier molecular flexibility index (Phi) is 3.25. The van der Waals surface area contributed by atoms with Crippen LogP contribution in [-0.2, 0) is 6.61 Å². The summed E-state index contributed by atoms with van der Waals surface area (Å²) in [5.74, 6) is -0.652. The molecule has 3 N–H and O–H groups in total. The Balaban J connectivity index is 2.84. The van der Waals surface area contributed by atoms with E-state index in [1.54, 1.807) is 0 Å². The lowest BCUT2D eigenvalue weighted by atomic mass is 10.5. The van der Waals surface area contributed by atoms with Gasteiger partial charge < -0.3 is 20.8 Å². The van der Waals surface area contributed by atoms with Gasteiger partial charge in [0, 0.05) is 12.2 Å². The summed E-state index contributed by atoms with van der Waals surface area (Å²) in [4.78, 5) is 22.0. The Bertz CT molecular complexity index is 415. The molecule has 0 aliphatic rings. The maximum Gasteiger partial charge on any atom is 0.426 e. The Morgan fingerprint density at radius 3 is 2.88 bits per heavy atom. The largest absolute Gasteiger partial charge is 0.426 e. The van der Waals surface area contributed by atoms with Crippen molar-refractivity contribution in [2.45, 2.75) is 6.61 Å². The van der Waals surface area contributed by atoms with Crippen molar-refractivity contribution in [1.82, 2.24) is 10.1 Å². The predicted octanol–water partition coefficient (Wildman–Crippen LogP) is -1.69. The van der Waals surface area contributed by atoms with Gasteiger partial charge >= 0.3 is 18.0 Å². The molecule has 0 saturated heterocycles. The molecule has 1 aromatic heterocycles. The highest BCUT2D eigenvalue weighted by Gasteiger charge is 2.26. The number of urea groups is 1. The Labute approximate surface area is 88.3 Å². The number of nitrogens with two attached hydrogens (primary N) is 1. The molecular formula is C6H8N4O6. The van der Waals surface area contributed by atoms with Crippen LogP contribution in [0, 0.1) is 5.21 Å². The second kappa shape index (κ2) is 4.44. The molecule has 0 saturated carbocycles. The molecule has 10 heteroatoms. The molecule has 1 aromatic rings. The highest BCUT2D eigenvalue weighted by atomic mass is 16.8. The van der Waals surface area contributed by atoms with Crippen molar-refractivity contribution in [2.75, 3.05) is 7.05 Å². The fraction of sp³-hybridized carbons (Fsp3) is 0.333. The minimum absolute atomic E-state index is 0.224. The fourth-order valence-corrected chi connectivity index (χ4v) is 0.702. The second-order valence-electron chi connectivity index (χ2n) is 2.61. The molecular weight excluding hydrogens is 224 g/mol. The third-order valence-electron chi connectivity index (χ3n) is 1.58. The zero-order chi connectivity index (χ0) is 12.3. The minimum atomic E-state index is -1.20. The summed E-state index contributed by atoms with van der Waals surface area (Å²) in [5.41, 5.74) is 4.51. The van der Waals surface area contributed by atoms with E-state index in [9.17, 15) is 14.8 Å². The number of amides is 3. The number of nitrogens with zero attached hydrogens (tertiary/aromatic N) is 3. The Hall–Kier alpha value is -2.36. The van der Waals surface area contributed by atoms with Crippen LogP contribution < -0.4 is 15.4 Å². The predicted molar refractivity (Wildman–Crippen MR) is 44.8 cm³/mol. The lowest BCUT2D eigenvalue weighted by Gasteiger charge is -2.09. The fourth-order valence-electron chi connectivity index (χ4n) is 0.702. The van der Waals surface area contributed by atoms with Gasteiger partial charge in [0.25, 0.3) is 5.69 Å². The van der Waals surface area contributed by atoms with E-state index in [0.29, 0.717) is 4.90 Å². The number of hydrogen-bond acceptors (Lipinski definition) is 7. The maximum absolute atomic E-state index is 11.2. The van der Waals surface area contributed by atoms with Crippen molar-refractivity contribution in [1.29, 1.82) is 0 Å². The minimum Gasteiger partial charge on any atom is -0.387 e. The molecule has 0 radical (unpaired) electrons. The summed E-state index contributed by atoms with van der Waals surface area (Å²) in [6.45, 7) is -0.665. The molecule has 3 amide bonds. The quantitative estimate of drug-likeness (QED) is 0.578. The Morgan fingerprint density at radius 2 is 2.38 bits per heavy atom. The molecule has 0 spiro atoms. The summed E-state index contributed by atoms with van der Waals surface area (Å²) in [6, 6.07) is -1.07. The van der Waals surface area contributed by atoms with Crippen LogP contribution in [0.15, 0.2) is 4.63 Å². The molecule has 0 fully saturated rings. The van der Waals surface area contributed by atoms with E-state index >= 15 is 0 Å². The highest BCUT2D eigenvalue weighted by molar-refractivity contribution is 5.90. The topological polar surface area (TPSA) is 146 Å². The zero-order valence-corrected chi connectivity index (χ0v) is 8.11. The average Bonchev–Trinajstić information content (AvgIpc) is 2.58. The highest BCUT2D eigenvalue weighted by Crippen LogP contribution is 2.11. The van der Waals surface area contributed by atoms with Gasteiger partial charge in [0.2, 0.25) is 0 Å². The van der Waals surface area contributed by atoms with E-state index < -0.39 is 24.6 Å². The smallest absolute Gasteiger partial charge is 0.387 e. The molecule has 0 aliphatic carbocycles. The number of primary amides is 1. The van der Waals surface area contributed by atoms with Crippen molar-refractivity contribution < 1.29 is 29.0 Å². The van der Waals surface area contributed by atoms with E-state index in [0.717, 1.165) is 7.05 Å². The van der Waals surface area contributed by atoms with Crippen molar-refractivity contribution in [2.24, 2.45) is 5.73 Å². The van der Waals surface area contributed by atoms with Crippen LogP contribution in [0.3, 0.4) is 0 Å². The van der Waals surface area contributed by atoms with Gasteiger partial charge in [-0.3, -0.25) is 4.63 Å². The number of aromatic nitrogens is 2. The molecule has 0 aromatic carbocycles. The second-order valence-corrected chi connectivity index (χ2v) is 2.61. The van der Waals surface area contributed by atoms with Crippen molar-refractivity contribution in [3.8, 4) is 5.88 Å². The average molecular weight is 232 g/mol. The lowest BCUT2D eigenvalue weighted by Crippen LogP contribution is -2.41. The van der Waals surface area contributed by atoms with E-state index in [1.807, 2.05) is 0 Å². The molecule has 88 valence electrons. The SMILES string of the molecule is CN(C(N)=O)C(=O)Oc1c(CO)no[n+]1[O-]. The van der Waals surface area contributed by atoms with E-state index in [-0.39, 0.29) is 10.6 Å². The van der Waals surface area contributed by atoms with Gasteiger partial charge in [-0.05, 0) is 4.90 Å². The van der Waals surface area contributed by atoms with Crippen LogP contribution >= 0.6 is 0 Å². The number of ether oxygens (including phenoxy) is 1. The van der Waals surface area contributed by atoms with Crippen LogP contribution in [-0.4, -0.2) is 34.3 Å². The third-order valence-corrected chi connectivity index (χ3v) is 1.58. The maximum atomic E-state index is 11.2. The first-order chi connectivity index (χ1) is 7.47. The van der Waals surface area contributed by atoms with Crippen LogP contribution in [0.1, 0.15) is 5.69 Å². The molecule has 0 atom stereocenters. The molecule has 1 heterocycles. The van der Waals surface area contributed by atoms with Crippen molar-refractivity contribution in [3.63, 3.8) is 0 Å². The summed E-state index contributed by atoms with van der Waals surface area (Å²) >= 11 is 0. The normalized spacial score (nSPS) is 9.88. The number of aliphatic hydroxyl groups is 1. The number of imide groups is 1. The first-order valence-electron chi connectivity index (χ1n) is 3.91. The molecule has 0 unspecified atom stereocenters. The first kappa shape index (κ1) is 11.7. The third kappa shape index (κ3) is 2.17. The van der Waals surface area contributed by atoms with Crippen LogP contribution in [0.5, 0.6) is 5.88 Å². The number of rotatable bonds is 2. The summed E-state index contributed by atoms with van der Waals surface area (Å²) < 4.78 is 8.52.